The summed E-state index contributed by atoms with van der Waals surface area (Å²) in [5, 5.41) is 10.2. The monoisotopic (exact) mass is 441 g/mol. The summed E-state index contributed by atoms with van der Waals surface area (Å²) in [7, 11) is 2.66. The summed E-state index contributed by atoms with van der Waals surface area (Å²) in [5.74, 6) is -1.38. The van der Waals surface area contributed by atoms with Crippen molar-refractivity contribution in [3.63, 3.8) is 0 Å². The number of fused-ring (bicyclic) bond motifs is 1. The van der Waals surface area contributed by atoms with Crippen molar-refractivity contribution in [2.45, 2.75) is 30.1 Å². The zero-order valence-electron chi connectivity index (χ0n) is 16.1. The van der Waals surface area contributed by atoms with Gasteiger partial charge in [0.1, 0.15) is 0 Å². The number of rotatable bonds is 5. The van der Waals surface area contributed by atoms with Crippen LogP contribution in [0.5, 0.6) is 0 Å². The minimum Gasteiger partial charge on any atom is -0.549 e. The number of carbonyl (C=O) groups is 1. The molecule has 2 heterocycles. The van der Waals surface area contributed by atoms with Crippen molar-refractivity contribution in [3.8, 4) is 0 Å². The molecule has 3 aromatic rings. The van der Waals surface area contributed by atoms with Crippen LogP contribution >= 0.6 is 11.8 Å². The fraction of sp³-hybridized carbons (Fsp3) is 0.333. The van der Waals surface area contributed by atoms with Crippen LogP contribution in [0, 0.1) is 0 Å². The molecule has 0 fully saturated rings. The van der Waals surface area contributed by atoms with E-state index in [1.54, 1.807) is 0 Å². The van der Waals surface area contributed by atoms with Crippen LogP contribution < -0.4 is 16.4 Å². The topological polar surface area (TPSA) is 102 Å². The second kappa shape index (κ2) is 7.67. The van der Waals surface area contributed by atoms with Crippen molar-refractivity contribution >= 4 is 28.9 Å². The molecule has 0 amide bonds. The first-order chi connectivity index (χ1) is 13.9. The van der Waals surface area contributed by atoms with E-state index in [4.69, 9.17) is 0 Å². The Kier molecular flexibility index (Phi) is 5.54. The number of alkyl halides is 3. The number of aromatic nitrogens is 4. The number of imidazole rings is 1. The normalized spacial score (nSPS) is 13.0. The van der Waals surface area contributed by atoms with E-state index in [9.17, 15) is 32.7 Å². The van der Waals surface area contributed by atoms with Gasteiger partial charge in [-0.2, -0.15) is 13.2 Å². The first-order valence-corrected chi connectivity index (χ1v) is 9.49. The Balaban J connectivity index is 2.24. The van der Waals surface area contributed by atoms with Gasteiger partial charge < -0.3 is 14.5 Å². The molecule has 0 bridgehead atoms. The average Bonchev–Trinajstić information content (AvgIpc) is 3.02. The van der Waals surface area contributed by atoms with Crippen molar-refractivity contribution < 1.29 is 23.1 Å². The average molecular weight is 441 g/mol. The molecule has 8 nitrogen and oxygen atoms in total. The largest absolute Gasteiger partial charge is 0.549 e. The molecule has 160 valence electrons. The van der Waals surface area contributed by atoms with Crippen LogP contribution in [0.2, 0.25) is 0 Å². The SMILES string of the molecule is C[C@@H](Sc1nc2c(c(=O)n(C)c(=O)n2C)n1Cc1cccc(C(F)(F)F)c1)C(=O)[O-]. The molecule has 2 aromatic heterocycles. The smallest absolute Gasteiger partial charge is 0.416 e. The van der Waals surface area contributed by atoms with Crippen LogP contribution in [0.15, 0.2) is 39.0 Å². The molecule has 3 rings (SSSR count). The van der Waals surface area contributed by atoms with E-state index in [0.29, 0.717) is 0 Å². The highest BCUT2D eigenvalue weighted by Crippen LogP contribution is 2.31. The zero-order valence-corrected chi connectivity index (χ0v) is 16.9. The molecule has 12 heteroatoms. The van der Waals surface area contributed by atoms with Gasteiger partial charge in [0.15, 0.2) is 16.3 Å². The third-order valence-electron chi connectivity index (χ3n) is 4.52. The van der Waals surface area contributed by atoms with Crippen LogP contribution in [-0.4, -0.2) is 29.9 Å². The fourth-order valence-corrected chi connectivity index (χ4v) is 3.73. The highest BCUT2D eigenvalue weighted by molar-refractivity contribution is 8.00. The maximum atomic E-state index is 13.1. The highest BCUT2D eigenvalue weighted by Gasteiger charge is 2.30. The Morgan fingerprint density at radius 3 is 2.50 bits per heavy atom. The van der Waals surface area contributed by atoms with E-state index in [1.165, 1.54) is 37.7 Å². The lowest BCUT2D eigenvalue weighted by atomic mass is 10.1. The Morgan fingerprint density at radius 1 is 1.23 bits per heavy atom. The van der Waals surface area contributed by atoms with Crippen LogP contribution in [-0.2, 0) is 31.6 Å². The maximum absolute atomic E-state index is 13.1. The van der Waals surface area contributed by atoms with Gasteiger partial charge in [0.25, 0.3) is 5.56 Å². The van der Waals surface area contributed by atoms with E-state index >= 15 is 0 Å². The summed E-state index contributed by atoms with van der Waals surface area (Å²) in [6.07, 6.45) is -4.55. The van der Waals surface area contributed by atoms with Crippen molar-refractivity contribution in [3.05, 3.63) is 56.2 Å². The lowest BCUT2D eigenvalue weighted by molar-refractivity contribution is -0.304. The van der Waals surface area contributed by atoms with Gasteiger partial charge in [0.05, 0.1) is 18.1 Å². The van der Waals surface area contributed by atoms with E-state index in [-0.39, 0.29) is 28.4 Å². The molecule has 0 aliphatic carbocycles. The molecule has 0 aliphatic heterocycles. The van der Waals surface area contributed by atoms with Gasteiger partial charge in [0.2, 0.25) is 0 Å². The Hall–Kier alpha value is -3.02. The molecule has 0 unspecified atom stereocenters. The minimum atomic E-state index is -4.55. The molecule has 1 aromatic carbocycles. The number of benzene rings is 1. The number of hydrogen-bond donors (Lipinski definition) is 0. The Labute approximate surface area is 171 Å². The van der Waals surface area contributed by atoms with Gasteiger partial charge >= 0.3 is 11.9 Å². The third-order valence-corrected chi connectivity index (χ3v) is 5.59. The number of carbonyl (C=O) groups excluding carboxylic acids is 1. The molecule has 0 radical (unpaired) electrons. The van der Waals surface area contributed by atoms with Gasteiger partial charge in [-0.15, -0.1) is 0 Å². The number of halogens is 3. The first-order valence-electron chi connectivity index (χ1n) is 8.61. The van der Waals surface area contributed by atoms with Crippen LogP contribution in [0.3, 0.4) is 0 Å². The van der Waals surface area contributed by atoms with Gasteiger partial charge in [-0.3, -0.25) is 13.9 Å². The number of carboxylic acid groups (broad SMARTS) is 1. The van der Waals surface area contributed by atoms with Crippen LogP contribution in [0.4, 0.5) is 13.2 Å². The van der Waals surface area contributed by atoms with Crippen molar-refractivity contribution in [2.75, 3.05) is 0 Å². The minimum absolute atomic E-state index is 0.00289. The number of aryl methyl sites for hydroxylation is 1. The second-order valence-corrected chi connectivity index (χ2v) is 7.94. The van der Waals surface area contributed by atoms with E-state index in [0.717, 1.165) is 33.0 Å². The number of carboxylic acids is 1. The molecule has 0 saturated heterocycles. The predicted molar refractivity (Wildman–Crippen MR) is 101 cm³/mol. The van der Waals surface area contributed by atoms with E-state index in [1.807, 2.05) is 0 Å². The first kappa shape index (κ1) is 21.7. The second-order valence-electron chi connectivity index (χ2n) is 6.64. The summed E-state index contributed by atoms with van der Waals surface area (Å²) in [5.41, 5.74) is -1.99. The molecule has 0 spiro atoms. The maximum Gasteiger partial charge on any atom is 0.416 e. The van der Waals surface area contributed by atoms with Gasteiger partial charge in [-0.1, -0.05) is 23.9 Å². The number of hydrogen-bond acceptors (Lipinski definition) is 6. The molecule has 0 N–H and O–H groups in total. The fourth-order valence-electron chi connectivity index (χ4n) is 2.90. The molecule has 1 atom stereocenters. The predicted octanol–water partition coefficient (Wildman–Crippen LogP) is 0.731. The summed E-state index contributed by atoms with van der Waals surface area (Å²) >= 11 is 0.766. The standard InChI is InChI=1S/C18H17F3N4O4S/c1-9(15(27)28)30-16-22-13-12(14(26)24(3)17(29)23(13)2)25(16)8-10-5-4-6-11(7-10)18(19,20)21/h4-7,9H,8H2,1-3H3,(H,27,28)/p-1/t9-/m1/s1. The summed E-state index contributed by atoms with van der Waals surface area (Å²) < 4.78 is 42.5. The number of nitrogens with zero attached hydrogens (tertiary/aromatic N) is 4. The van der Waals surface area contributed by atoms with Gasteiger partial charge in [-0.05, 0) is 24.6 Å². The lowest BCUT2D eigenvalue weighted by Crippen LogP contribution is -2.37. The summed E-state index contributed by atoms with van der Waals surface area (Å²) in [6.45, 7) is 1.17. The molecular weight excluding hydrogens is 425 g/mol. The van der Waals surface area contributed by atoms with Crippen molar-refractivity contribution in [2.24, 2.45) is 14.1 Å². The number of aliphatic carboxylic acids is 1. The van der Waals surface area contributed by atoms with Crippen LogP contribution in [0.1, 0.15) is 18.1 Å². The third kappa shape index (κ3) is 3.86. The van der Waals surface area contributed by atoms with Gasteiger partial charge in [0, 0.05) is 19.3 Å². The number of thioether (sulfide) groups is 1. The molecule has 30 heavy (non-hydrogen) atoms. The Morgan fingerprint density at radius 2 is 1.90 bits per heavy atom. The quantitative estimate of drug-likeness (QED) is 0.541. The highest BCUT2D eigenvalue weighted by atomic mass is 32.2. The molecule has 0 saturated carbocycles. The molecular formula is C18H16F3N4O4S-. The van der Waals surface area contributed by atoms with Crippen molar-refractivity contribution in [1.29, 1.82) is 0 Å². The van der Waals surface area contributed by atoms with Crippen molar-refractivity contribution in [1.82, 2.24) is 18.7 Å². The van der Waals surface area contributed by atoms with Crippen LogP contribution in [0.25, 0.3) is 11.2 Å². The zero-order chi connectivity index (χ0) is 22.4. The summed E-state index contributed by atoms with van der Waals surface area (Å²) in [4.78, 5) is 40.3. The summed E-state index contributed by atoms with van der Waals surface area (Å²) in [6, 6.07) is 4.55. The Bertz CT molecular complexity index is 1260. The van der Waals surface area contributed by atoms with Gasteiger partial charge in [-0.25, -0.2) is 9.78 Å². The van der Waals surface area contributed by atoms with E-state index in [2.05, 4.69) is 4.98 Å². The van der Waals surface area contributed by atoms with E-state index < -0.39 is 34.2 Å². The molecule has 0 aliphatic rings. The lowest BCUT2D eigenvalue weighted by Gasteiger charge is -2.14.